The van der Waals surface area contributed by atoms with E-state index in [1.54, 1.807) is 17.0 Å². The van der Waals surface area contributed by atoms with E-state index in [-0.39, 0.29) is 29.2 Å². The molecule has 6 heteroatoms. The number of amides is 2. The van der Waals surface area contributed by atoms with Crippen LogP contribution in [0, 0.1) is 6.92 Å². The van der Waals surface area contributed by atoms with Gasteiger partial charge in [-0.15, -0.1) is 0 Å². The van der Waals surface area contributed by atoms with Crippen LogP contribution in [-0.4, -0.2) is 23.3 Å². The van der Waals surface area contributed by atoms with Crippen LogP contribution in [0.3, 0.4) is 0 Å². The van der Waals surface area contributed by atoms with Crippen molar-refractivity contribution in [2.75, 3.05) is 11.4 Å². The van der Waals surface area contributed by atoms with Crippen LogP contribution in [0.25, 0.3) is 11.0 Å². The summed E-state index contributed by atoms with van der Waals surface area (Å²) in [5, 5.41) is 0.368. The van der Waals surface area contributed by atoms with Crippen LogP contribution in [0.15, 0.2) is 82.0 Å². The molecule has 3 aromatic carbocycles. The van der Waals surface area contributed by atoms with Crippen LogP contribution in [0.1, 0.15) is 39.7 Å². The van der Waals surface area contributed by atoms with Crippen LogP contribution in [0.2, 0.25) is 0 Å². The van der Waals surface area contributed by atoms with Crippen LogP contribution < -0.4 is 10.3 Å². The van der Waals surface area contributed by atoms with Gasteiger partial charge in [0.25, 0.3) is 11.8 Å². The van der Waals surface area contributed by atoms with E-state index in [2.05, 4.69) is 0 Å². The van der Waals surface area contributed by atoms with E-state index in [9.17, 15) is 14.4 Å². The Morgan fingerprint density at radius 3 is 2.41 bits per heavy atom. The molecule has 34 heavy (non-hydrogen) atoms. The lowest BCUT2D eigenvalue weighted by molar-refractivity contribution is -0.126. The number of hydrogen-bond donors (Lipinski definition) is 0. The van der Waals surface area contributed by atoms with E-state index in [4.69, 9.17) is 4.42 Å². The number of carbonyl (C=O) groups excluding carboxylic acids is 2. The number of likely N-dealkylation sites (N-methyl/N-ethyl adjacent to an activating group) is 1. The van der Waals surface area contributed by atoms with Crippen molar-refractivity contribution in [2.24, 2.45) is 0 Å². The number of anilines is 1. The number of aryl methyl sites for hydroxylation is 1. The van der Waals surface area contributed by atoms with Gasteiger partial charge in [-0.1, -0.05) is 60.2 Å². The zero-order valence-electron chi connectivity index (χ0n) is 18.9. The molecule has 1 unspecified atom stereocenters. The lowest BCUT2D eigenvalue weighted by atomic mass is 9.83. The topological polar surface area (TPSA) is 70.8 Å². The maximum absolute atomic E-state index is 14.2. The van der Waals surface area contributed by atoms with Gasteiger partial charge < -0.3 is 14.2 Å². The highest BCUT2D eigenvalue weighted by Crippen LogP contribution is 2.52. The van der Waals surface area contributed by atoms with Crippen LogP contribution >= 0.6 is 0 Å². The summed E-state index contributed by atoms with van der Waals surface area (Å²) in [7, 11) is 0. The van der Waals surface area contributed by atoms with Gasteiger partial charge in [0.15, 0.2) is 11.0 Å². The number of hydrogen-bond acceptors (Lipinski definition) is 4. The Morgan fingerprint density at radius 2 is 1.65 bits per heavy atom. The molecule has 0 radical (unpaired) electrons. The predicted octanol–water partition coefficient (Wildman–Crippen LogP) is 4.37. The Morgan fingerprint density at radius 1 is 0.912 bits per heavy atom. The van der Waals surface area contributed by atoms with E-state index < -0.39 is 11.4 Å². The van der Waals surface area contributed by atoms with Gasteiger partial charge in [0.2, 0.25) is 5.76 Å². The third-order valence-corrected chi connectivity index (χ3v) is 6.89. The Labute approximate surface area is 196 Å². The molecule has 0 aliphatic carbocycles. The maximum Gasteiger partial charge on any atom is 0.291 e. The Hall–Kier alpha value is -4.19. The summed E-state index contributed by atoms with van der Waals surface area (Å²) in [6, 6.07) is 22.2. The molecule has 1 aromatic heterocycles. The quantitative estimate of drug-likeness (QED) is 0.465. The first-order valence-corrected chi connectivity index (χ1v) is 11.3. The zero-order chi connectivity index (χ0) is 23.6. The van der Waals surface area contributed by atoms with Crippen molar-refractivity contribution in [1.29, 1.82) is 0 Å². The summed E-state index contributed by atoms with van der Waals surface area (Å²) in [6.07, 6.45) is 0. The maximum atomic E-state index is 14.2. The zero-order valence-corrected chi connectivity index (χ0v) is 18.9. The number of benzene rings is 3. The summed E-state index contributed by atoms with van der Waals surface area (Å²) in [6.45, 7) is 4.36. The first-order chi connectivity index (χ1) is 16.5. The minimum Gasteiger partial charge on any atom is -0.450 e. The van der Waals surface area contributed by atoms with Gasteiger partial charge in [0, 0.05) is 18.7 Å². The summed E-state index contributed by atoms with van der Waals surface area (Å²) in [5.74, 6) is -0.823. The third kappa shape index (κ3) is 2.48. The predicted molar refractivity (Wildman–Crippen MR) is 129 cm³/mol. The van der Waals surface area contributed by atoms with E-state index >= 15 is 0 Å². The fourth-order valence-corrected chi connectivity index (χ4v) is 5.41. The van der Waals surface area contributed by atoms with Crippen molar-refractivity contribution >= 4 is 28.5 Å². The fraction of sp³-hybridized carbons (Fsp3) is 0.179. The minimum atomic E-state index is -1.58. The fourth-order valence-electron chi connectivity index (χ4n) is 5.41. The van der Waals surface area contributed by atoms with E-state index in [0.29, 0.717) is 28.8 Å². The molecule has 2 amide bonds. The molecule has 0 saturated heterocycles. The number of nitrogens with zero attached hydrogens (tertiary/aromatic N) is 2. The van der Waals surface area contributed by atoms with Gasteiger partial charge in [-0.3, -0.25) is 14.4 Å². The molecule has 2 aliphatic heterocycles. The standard InChI is InChI=1S/C28H22N2O4/c1-3-29-21-12-8-7-11-20(21)28(27(29)33)23-24(31)19-15-17(2)13-14-22(19)34-25(23)26(32)30(28)16-18-9-5-4-6-10-18/h4-15H,3,16H2,1-2H3. The van der Waals surface area contributed by atoms with Gasteiger partial charge in [-0.05, 0) is 37.6 Å². The Bertz CT molecular complexity index is 1560. The molecule has 0 fully saturated rings. The number of carbonyl (C=O) groups is 2. The van der Waals surface area contributed by atoms with Crippen LogP contribution in [0.4, 0.5) is 5.69 Å². The second kappa shape index (κ2) is 7.15. The summed E-state index contributed by atoms with van der Waals surface area (Å²) < 4.78 is 6.08. The number of fused-ring (bicyclic) bond motifs is 5. The van der Waals surface area contributed by atoms with Gasteiger partial charge in [-0.25, -0.2) is 0 Å². The van der Waals surface area contributed by atoms with Gasteiger partial charge in [0.1, 0.15) is 5.58 Å². The van der Waals surface area contributed by atoms with Crippen molar-refractivity contribution in [1.82, 2.24) is 4.90 Å². The molecule has 4 aromatic rings. The molecule has 6 rings (SSSR count). The summed E-state index contributed by atoms with van der Waals surface area (Å²) in [5.41, 5.74) is 1.62. The van der Waals surface area contributed by atoms with Crippen molar-refractivity contribution in [3.63, 3.8) is 0 Å². The molecule has 1 atom stereocenters. The molecule has 6 nitrogen and oxygen atoms in total. The number of para-hydroxylation sites is 1. The average Bonchev–Trinajstić information content (AvgIpc) is 3.25. The first-order valence-electron chi connectivity index (χ1n) is 11.3. The highest BCUT2D eigenvalue weighted by Gasteiger charge is 2.64. The van der Waals surface area contributed by atoms with E-state index in [1.165, 1.54) is 4.90 Å². The largest absolute Gasteiger partial charge is 0.450 e. The third-order valence-electron chi connectivity index (χ3n) is 6.89. The Kier molecular flexibility index (Phi) is 4.30. The minimum absolute atomic E-state index is 0.0570. The van der Waals surface area contributed by atoms with Crippen molar-refractivity contribution in [3.8, 4) is 0 Å². The highest BCUT2D eigenvalue weighted by atomic mass is 16.3. The molecule has 168 valence electrons. The highest BCUT2D eigenvalue weighted by molar-refractivity contribution is 6.17. The molecular formula is C28H22N2O4. The SMILES string of the molecule is CCN1C(=O)C2(c3ccccc31)c1c(oc3ccc(C)cc3c1=O)C(=O)N2Cc1ccccc1. The number of rotatable bonds is 3. The van der Waals surface area contributed by atoms with Crippen molar-refractivity contribution in [2.45, 2.75) is 25.9 Å². The molecular weight excluding hydrogens is 428 g/mol. The first kappa shape index (κ1) is 20.4. The smallest absolute Gasteiger partial charge is 0.291 e. The Balaban J connectivity index is 1.73. The molecule has 3 heterocycles. The van der Waals surface area contributed by atoms with Crippen LogP contribution in [0.5, 0.6) is 0 Å². The normalized spacial score (nSPS) is 18.8. The van der Waals surface area contributed by atoms with Crippen LogP contribution in [-0.2, 0) is 16.9 Å². The molecule has 1 spiro atoms. The van der Waals surface area contributed by atoms with Crippen molar-refractivity contribution < 1.29 is 14.0 Å². The molecule has 2 aliphatic rings. The van der Waals surface area contributed by atoms with Gasteiger partial charge in [-0.2, -0.15) is 0 Å². The van der Waals surface area contributed by atoms with E-state index in [0.717, 1.165) is 11.1 Å². The summed E-state index contributed by atoms with van der Waals surface area (Å²) >= 11 is 0. The lowest BCUT2D eigenvalue weighted by Gasteiger charge is -2.34. The molecule has 0 bridgehead atoms. The second-order valence-corrected chi connectivity index (χ2v) is 8.79. The second-order valence-electron chi connectivity index (χ2n) is 8.79. The van der Waals surface area contributed by atoms with Crippen molar-refractivity contribution in [3.05, 3.63) is 111 Å². The summed E-state index contributed by atoms with van der Waals surface area (Å²) in [4.78, 5) is 45.3. The molecule has 0 saturated carbocycles. The monoisotopic (exact) mass is 450 g/mol. The van der Waals surface area contributed by atoms with E-state index in [1.807, 2.05) is 74.5 Å². The molecule has 0 N–H and O–H groups in total. The average molecular weight is 450 g/mol. The lowest BCUT2D eigenvalue weighted by Crippen LogP contribution is -2.53. The van der Waals surface area contributed by atoms with Gasteiger partial charge >= 0.3 is 0 Å². The van der Waals surface area contributed by atoms with Gasteiger partial charge in [0.05, 0.1) is 16.6 Å².